The second-order valence-corrected chi connectivity index (χ2v) is 2.82. The maximum absolute atomic E-state index is 13.0. The number of rotatable bonds is 0. The number of nitrogens with zero attached hydrogens (tertiary/aromatic N) is 1. The summed E-state index contributed by atoms with van der Waals surface area (Å²) in [4.78, 5) is 0. The van der Waals surface area contributed by atoms with Crippen LogP contribution in [0.1, 0.15) is 12.0 Å². The normalized spacial score (nSPS) is 16.3. The minimum absolute atomic E-state index is 0.539. The van der Waals surface area contributed by atoms with Crippen LogP contribution in [0.5, 0.6) is 0 Å². The highest BCUT2D eigenvalue weighted by Crippen LogP contribution is 2.26. The molecule has 58 valence electrons. The molecular formula is C9H10FN. The molecule has 0 atom stereocenters. The fourth-order valence-electron chi connectivity index (χ4n) is 1.49. The predicted octanol–water partition coefficient (Wildman–Crippen LogP) is 2.32. The monoisotopic (exact) mass is 151 g/mol. The molecule has 0 bridgehead atoms. The lowest BCUT2D eigenvalue weighted by atomic mass is 10.0. The van der Waals surface area contributed by atoms with Crippen molar-refractivity contribution in [2.24, 2.45) is 0 Å². The van der Waals surface area contributed by atoms with E-state index >= 15 is 0 Å². The lowest BCUT2D eigenvalue weighted by molar-refractivity contribution is 0.415. The molecule has 0 radical (unpaired) electrons. The van der Waals surface area contributed by atoms with Gasteiger partial charge in [0, 0.05) is 0 Å². The summed E-state index contributed by atoms with van der Waals surface area (Å²) in [6.07, 6.45) is 1.93. The van der Waals surface area contributed by atoms with Gasteiger partial charge >= 0.3 is 0 Å². The van der Waals surface area contributed by atoms with Gasteiger partial charge in [0.25, 0.3) is 0 Å². The van der Waals surface area contributed by atoms with E-state index in [1.54, 1.807) is 0 Å². The molecule has 0 saturated heterocycles. The van der Waals surface area contributed by atoms with Crippen LogP contribution in [0.4, 0.5) is 10.2 Å². The standard InChI is InChI=1S/C9H10FN/c10-11-7-3-5-8-4-1-2-6-9(8)11/h1-2,4,6H,3,5,7H2. The van der Waals surface area contributed by atoms with Crippen molar-refractivity contribution in [3.63, 3.8) is 0 Å². The van der Waals surface area contributed by atoms with Gasteiger partial charge in [-0.2, -0.15) is 0 Å². The molecule has 0 fully saturated rings. The highest BCUT2D eigenvalue weighted by atomic mass is 19.2. The number of anilines is 1. The third-order valence-electron chi connectivity index (χ3n) is 2.05. The third kappa shape index (κ3) is 1.09. The number of fused-ring (bicyclic) bond motifs is 1. The molecule has 1 aliphatic rings. The number of hydrogen-bond acceptors (Lipinski definition) is 1. The molecule has 0 saturated carbocycles. The highest BCUT2D eigenvalue weighted by molar-refractivity contribution is 5.53. The molecule has 11 heavy (non-hydrogen) atoms. The topological polar surface area (TPSA) is 3.24 Å². The summed E-state index contributed by atoms with van der Waals surface area (Å²) in [6, 6.07) is 7.64. The van der Waals surface area contributed by atoms with E-state index in [0.29, 0.717) is 6.54 Å². The van der Waals surface area contributed by atoms with Crippen molar-refractivity contribution in [3.8, 4) is 0 Å². The summed E-state index contributed by atoms with van der Waals surface area (Å²) in [7, 11) is 0. The molecule has 1 heterocycles. The van der Waals surface area contributed by atoms with Gasteiger partial charge in [0.2, 0.25) is 0 Å². The van der Waals surface area contributed by atoms with Gasteiger partial charge in [0.15, 0.2) is 0 Å². The first-order chi connectivity index (χ1) is 5.38. The Morgan fingerprint density at radius 1 is 1.27 bits per heavy atom. The lowest BCUT2D eigenvalue weighted by Crippen LogP contribution is -2.20. The van der Waals surface area contributed by atoms with Gasteiger partial charge in [-0.25, -0.2) is 5.12 Å². The molecule has 0 aliphatic carbocycles. The van der Waals surface area contributed by atoms with E-state index in [2.05, 4.69) is 0 Å². The molecule has 0 amide bonds. The van der Waals surface area contributed by atoms with Crippen molar-refractivity contribution in [2.45, 2.75) is 12.8 Å². The molecule has 1 aromatic rings. The second kappa shape index (κ2) is 2.53. The van der Waals surface area contributed by atoms with Crippen LogP contribution in [0, 0.1) is 0 Å². The van der Waals surface area contributed by atoms with Crippen molar-refractivity contribution in [1.82, 2.24) is 0 Å². The summed E-state index contributed by atoms with van der Waals surface area (Å²) >= 11 is 0. The summed E-state index contributed by atoms with van der Waals surface area (Å²) in [6.45, 7) is 0.539. The van der Waals surface area contributed by atoms with Crippen LogP contribution >= 0.6 is 0 Å². The first-order valence-electron chi connectivity index (χ1n) is 3.89. The molecule has 0 unspecified atom stereocenters. The van der Waals surface area contributed by atoms with Crippen LogP contribution < -0.4 is 5.12 Å². The van der Waals surface area contributed by atoms with Crippen LogP contribution in [0.15, 0.2) is 24.3 Å². The van der Waals surface area contributed by atoms with Crippen LogP contribution in [-0.2, 0) is 6.42 Å². The quantitative estimate of drug-likeness (QED) is 0.514. The molecule has 1 aromatic carbocycles. The Morgan fingerprint density at radius 3 is 2.91 bits per heavy atom. The summed E-state index contributed by atoms with van der Waals surface area (Å²) < 4.78 is 13.0. The zero-order valence-electron chi connectivity index (χ0n) is 6.26. The molecule has 0 N–H and O–H groups in total. The molecule has 1 nitrogen and oxygen atoms in total. The van der Waals surface area contributed by atoms with Gasteiger partial charge in [-0.05, 0) is 24.5 Å². The molecule has 2 heteroatoms. The Bertz CT molecular complexity index is 259. The SMILES string of the molecule is FN1CCCc2ccccc21. The Morgan fingerprint density at radius 2 is 2.09 bits per heavy atom. The Hall–Kier alpha value is -1.05. The maximum atomic E-state index is 13.0. The van der Waals surface area contributed by atoms with Gasteiger partial charge in [0.1, 0.15) is 0 Å². The van der Waals surface area contributed by atoms with E-state index in [-0.39, 0.29) is 0 Å². The van der Waals surface area contributed by atoms with E-state index in [1.807, 2.05) is 24.3 Å². The average molecular weight is 151 g/mol. The first-order valence-corrected chi connectivity index (χ1v) is 3.89. The summed E-state index contributed by atoms with van der Waals surface area (Å²) in [5.74, 6) is 0. The van der Waals surface area contributed by atoms with Crippen LogP contribution in [0.25, 0.3) is 0 Å². The summed E-state index contributed by atoms with van der Waals surface area (Å²) in [5, 5.41) is 0.832. The Labute approximate surface area is 65.4 Å². The average Bonchev–Trinajstić information content (AvgIpc) is 2.06. The van der Waals surface area contributed by atoms with Gasteiger partial charge in [-0.15, -0.1) is 0 Å². The number of para-hydroxylation sites is 1. The van der Waals surface area contributed by atoms with Crippen LogP contribution in [-0.4, -0.2) is 6.54 Å². The number of halogens is 1. The zero-order valence-corrected chi connectivity index (χ0v) is 6.26. The third-order valence-corrected chi connectivity index (χ3v) is 2.05. The van der Waals surface area contributed by atoms with Crippen molar-refractivity contribution in [1.29, 1.82) is 0 Å². The molecular weight excluding hydrogens is 141 g/mol. The minimum Gasteiger partial charge on any atom is -0.212 e. The Balaban J connectivity index is 2.44. The smallest absolute Gasteiger partial charge is 0.0719 e. The molecule has 0 spiro atoms. The van der Waals surface area contributed by atoms with Crippen molar-refractivity contribution in [3.05, 3.63) is 29.8 Å². The van der Waals surface area contributed by atoms with Crippen LogP contribution in [0.2, 0.25) is 0 Å². The first kappa shape index (κ1) is 6.65. The van der Waals surface area contributed by atoms with Gasteiger partial charge in [-0.3, -0.25) is 0 Å². The van der Waals surface area contributed by atoms with Gasteiger partial charge < -0.3 is 0 Å². The Kier molecular flexibility index (Phi) is 1.53. The zero-order chi connectivity index (χ0) is 7.68. The largest absolute Gasteiger partial charge is 0.212 e. The second-order valence-electron chi connectivity index (χ2n) is 2.82. The van der Waals surface area contributed by atoms with E-state index in [0.717, 1.165) is 29.2 Å². The summed E-state index contributed by atoms with van der Waals surface area (Å²) in [5.41, 5.74) is 1.88. The maximum Gasteiger partial charge on any atom is 0.0719 e. The fraction of sp³-hybridized carbons (Fsp3) is 0.333. The van der Waals surface area contributed by atoms with Crippen molar-refractivity contribution in [2.75, 3.05) is 11.7 Å². The van der Waals surface area contributed by atoms with E-state index in [9.17, 15) is 4.48 Å². The minimum atomic E-state index is 0.539. The number of aryl methyl sites for hydroxylation is 1. The fourth-order valence-corrected chi connectivity index (χ4v) is 1.49. The predicted molar refractivity (Wildman–Crippen MR) is 43.2 cm³/mol. The lowest BCUT2D eigenvalue weighted by Gasteiger charge is -2.22. The number of benzene rings is 1. The molecule has 0 aromatic heterocycles. The van der Waals surface area contributed by atoms with Crippen molar-refractivity contribution >= 4 is 5.69 Å². The van der Waals surface area contributed by atoms with E-state index < -0.39 is 0 Å². The van der Waals surface area contributed by atoms with E-state index in [1.165, 1.54) is 0 Å². The number of hydrogen-bond donors (Lipinski definition) is 0. The highest BCUT2D eigenvalue weighted by Gasteiger charge is 2.14. The van der Waals surface area contributed by atoms with Gasteiger partial charge in [-0.1, -0.05) is 22.7 Å². The van der Waals surface area contributed by atoms with E-state index in [4.69, 9.17) is 0 Å². The van der Waals surface area contributed by atoms with Crippen molar-refractivity contribution < 1.29 is 4.48 Å². The van der Waals surface area contributed by atoms with Gasteiger partial charge in [0.05, 0.1) is 12.2 Å². The molecule has 2 rings (SSSR count). The molecule has 1 aliphatic heterocycles. The van der Waals surface area contributed by atoms with Crippen LogP contribution in [0.3, 0.4) is 0 Å².